The third-order valence-electron chi connectivity index (χ3n) is 6.21. The number of nitrogens with one attached hydrogen (secondary N) is 1. The Labute approximate surface area is 238 Å². The van der Waals surface area contributed by atoms with Gasteiger partial charge in [-0.2, -0.15) is 0 Å². The molecule has 7 nitrogen and oxygen atoms in total. The van der Waals surface area contributed by atoms with Gasteiger partial charge in [0, 0.05) is 18.6 Å². The van der Waals surface area contributed by atoms with E-state index in [0.717, 1.165) is 15.4 Å². The van der Waals surface area contributed by atoms with Crippen LogP contribution in [0.2, 0.25) is 15.1 Å². The predicted octanol–water partition coefficient (Wildman–Crippen LogP) is 5.62. The Hall–Kier alpha value is -2.78. The Morgan fingerprint density at radius 1 is 0.895 bits per heavy atom. The molecule has 0 spiro atoms. The van der Waals surface area contributed by atoms with Crippen molar-refractivity contribution < 1.29 is 18.0 Å². The average Bonchev–Trinajstić information content (AvgIpc) is 2.88. The quantitative estimate of drug-likeness (QED) is 0.347. The minimum atomic E-state index is -4.18. The van der Waals surface area contributed by atoms with Gasteiger partial charge in [0.05, 0.1) is 20.6 Å². The Balaban J connectivity index is 2.06. The number of rotatable bonds is 9. The van der Waals surface area contributed by atoms with Gasteiger partial charge in [-0.1, -0.05) is 46.9 Å². The summed E-state index contributed by atoms with van der Waals surface area (Å²) in [5.74, 6) is -0.986. The van der Waals surface area contributed by atoms with Crippen LogP contribution in [0.4, 0.5) is 5.69 Å². The molecule has 0 aliphatic rings. The monoisotopic (exact) mass is 595 g/mol. The Kier molecular flexibility index (Phi) is 9.70. The molecule has 3 aromatic rings. The smallest absolute Gasteiger partial charge is 0.264 e. The van der Waals surface area contributed by atoms with Gasteiger partial charge in [-0.3, -0.25) is 13.9 Å². The summed E-state index contributed by atoms with van der Waals surface area (Å²) in [4.78, 5) is 27.6. The lowest BCUT2D eigenvalue weighted by Crippen LogP contribution is -2.50. The summed E-state index contributed by atoms with van der Waals surface area (Å²) in [6.07, 6.45) is 0. The van der Waals surface area contributed by atoms with Crippen molar-refractivity contribution in [3.63, 3.8) is 0 Å². The number of benzene rings is 3. The van der Waals surface area contributed by atoms with Crippen LogP contribution in [-0.4, -0.2) is 44.8 Å². The molecular formula is C27H28Cl3N3O4S. The highest BCUT2D eigenvalue weighted by atomic mass is 35.5. The average molecular weight is 597 g/mol. The van der Waals surface area contributed by atoms with E-state index in [-0.39, 0.29) is 11.4 Å². The molecule has 0 saturated carbocycles. The van der Waals surface area contributed by atoms with Crippen LogP contribution in [0.5, 0.6) is 0 Å². The van der Waals surface area contributed by atoms with Crippen molar-refractivity contribution in [2.75, 3.05) is 17.9 Å². The number of hydrogen-bond acceptors (Lipinski definition) is 4. The van der Waals surface area contributed by atoms with Crippen LogP contribution in [0.25, 0.3) is 0 Å². The van der Waals surface area contributed by atoms with Crippen LogP contribution < -0.4 is 9.62 Å². The van der Waals surface area contributed by atoms with Gasteiger partial charge in [0.25, 0.3) is 10.0 Å². The first-order chi connectivity index (χ1) is 17.8. The molecule has 0 saturated heterocycles. The number of carbonyl (C=O) groups is 2. The first-order valence-corrected chi connectivity index (χ1v) is 14.2. The van der Waals surface area contributed by atoms with Crippen molar-refractivity contribution in [1.29, 1.82) is 0 Å². The minimum Gasteiger partial charge on any atom is -0.357 e. The normalized spacial score (nSPS) is 12.1. The number of likely N-dealkylation sites (N-methyl/N-ethyl adjacent to an activating group) is 1. The fraction of sp³-hybridized carbons (Fsp3) is 0.259. The largest absolute Gasteiger partial charge is 0.357 e. The summed E-state index contributed by atoms with van der Waals surface area (Å²) < 4.78 is 28.6. The first kappa shape index (κ1) is 29.8. The van der Waals surface area contributed by atoms with Crippen LogP contribution in [0.3, 0.4) is 0 Å². The maximum Gasteiger partial charge on any atom is 0.264 e. The summed E-state index contributed by atoms with van der Waals surface area (Å²) in [6, 6.07) is 14.9. The van der Waals surface area contributed by atoms with Crippen LogP contribution in [0.15, 0.2) is 65.6 Å². The molecular weight excluding hydrogens is 569 g/mol. The highest BCUT2D eigenvalue weighted by molar-refractivity contribution is 7.92. The second-order valence-electron chi connectivity index (χ2n) is 8.79. The molecule has 0 bridgehead atoms. The zero-order valence-electron chi connectivity index (χ0n) is 21.3. The molecule has 3 rings (SSSR count). The van der Waals surface area contributed by atoms with E-state index in [4.69, 9.17) is 34.8 Å². The van der Waals surface area contributed by atoms with Crippen molar-refractivity contribution in [2.24, 2.45) is 0 Å². The van der Waals surface area contributed by atoms with Gasteiger partial charge in [0.2, 0.25) is 11.8 Å². The molecule has 0 heterocycles. The highest BCUT2D eigenvalue weighted by Gasteiger charge is 2.32. The third-order valence-corrected chi connectivity index (χ3v) is 8.99. The molecule has 0 aromatic heterocycles. The van der Waals surface area contributed by atoms with Crippen molar-refractivity contribution in [1.82, 2.24) is 10.2 Å². The fourth-order valence-corrected chi connectivity index (χ4v) is 5.62. The summed E-state index contributed by atoms with van der Waals surface area (Å²) in [6.45, 7) is 4.80. The maximum absolute atomic E-state index is 13.8. The zero-order valence-corrected chi connectivity index (χ0v) is 24.4. The van der Waals surface area contributed by atoms with E-state index in [1.54, 1.807) is 43.3 Å². The van der Waals surface area contributed by atoms with Gasteiger partial charge >= 0.3 is 0 Å². The highest BCUT2D eigenvalue weighted by Crippen LogP contribution is 2.28. The zero-order chi connectivity index (χ0) is 28.2. The molecule has 1 N–H and O–H groups in total. The van der Waals surface area contributed by atoms with E-state index < -0.39 is 34.4 Å². The number of aryl methyl sites for hydroxylation is 2. The van der Waals surface area contributed by atoms with Crippen molar-refractivity contribution in [2.45, 2.75) is 38.3 Å². The molecule has 3 aromatic carbocycles. The number of carbonyl (C=O) groups excluding carboxylic acids is 2. The fourth-order valence-electron chi connectivity index (χ4n) is 3.77. The van der Waals surface area contributed by atoms with E-state index in [2.05, 4.69) is 5.32 Å². The Morgan fingerprint density at radius 2 is 1.55 bits per heavy atom. The van der Waals surface area contributed by atoms with Crippen LogP contribution in [-0.2, 0) is 26.2 Å². The predicted molar refractivity (Wildman–Crippen MR) is 152 cm³/mol. The van der Waals surface area contributed by atoms with Gasteiger partial charge < -0.3 is 10.2 Å². The third kappa shape index (κ3) is 6.80. The molecule has 0 fully saturated rings. The summed E-state index contributed by atoms with van der Waals surface area (Å²) in [5.41, 5.74) is 2.77. The lowest BCUT2D eigenvalue weighted by molar-refractivity contribution is -0.139. The second kappa shape index (κ2) is 12.4. The number of halogens is 3. The summed E-state index contributed by atoms with van der Waals surface area (Å²) in [7, 11) is -2.71. The second-order valence-corrected chi connectivity index (χ2v) is 11.9. The molecule has 202 valence electrons. The van der Waals surface area contributed by atoms with E-state index >= 15 is 0 Å². The summed E-state index contributed by atoms with van der Waals surface area (Å²) in [5, 5.41) is 3.57. The number of amides is 2. The molecule has 11 heteroatoms. The number of sulfonamides is 1. The van der Waals surface area contributed by atoms with Crippen molar-refractivity contribution in [3.05, 3.63) is 92.4 Å². The first-order valence-electron chi connectivity index (χ1n) is 11.7. The molecule has 38 heavy (non-hydrogen) atoms. The number of nitrogens with zero attached hydrogens (tertiary/aromatic N) is 2. The van der Waals surface area contributed by atoms with E-state index in [1.807, 2.05) is 13.8 Å². The van der Waals surface area contributed by atoms with Gasteiger partial charge in [0.15, 0.2) is 0 Å². The van der Waals surface area contributed by atoms with Crippen LogP contribution >= 0.6 is 34.8 Å². The standard InChI is InChI=1S/C27H28Cl3N3O4S/c1-17-5-9-22(13-18(17)2)33(38(36,37)23-10-7-21(28)8-11-23)16-26(34)32(19(3)27(35)31-4)15-20-6-12-24(29)25(30)14-20/h5-14,19H,15-16H2,1-4H3,(H,31,35)/t19-/m1/s1. The van der Waals surface area contributed by atoms with Gasteiger partial charge in [-0.15, -0.1) is 0 Å². The van der Waals surface area contributed by atoms with Crippen molar-refractivity contribution >= 4 is 62.3 Å². The van der Waals surface area contributed by atoms with Gasteiger partial charge in [-0.05, 0) is 86.0 Å². The van der Waals surface area contributed by atoms with Crippen LogP contribution in [0.1, 0.15) is 23.6 Å². The molecule has 0 unspecified atom stereocenters. The number of hydrogen-bond donors (Lipinski definition) is 1. The van der Waals surface area contributed by atoms with E-state index in [1.165, 1.54) is 36.2 Å². The molecule has 1 atom stereocenters. The molecule has 0 aliphatic heterocycles. The Morgan fingerprint density at radius 3 is 2.13 bits per heavy atom. The van der Waals surface area contributed by atoms with E-state index in [9.17, 15) is 18.0 Å². The molecule has 0 radical (unpaired) electrons. The van der Waals surface area contributed by atoms with Gasteiger partial charge in [-0.25, -0.2) is 8.42 Å². The van der Waals surface area contributed by atoms with Crippen molar-refractivity contribution in [3.8, 4) is 0 Å². The van der Waals surface area contributed by atoms with Crippen LogP contribution in [0, 0.1) is 13.8 Å². The topological polar surface area (TPSA) is 86.8 Å². The minimum absolute atomic E-state index is 0.00602. The van der Waals surface area contributed by atoms with E-state index in [0.29, 0.717) is 26.3 Å². The SMILES string of the molecule is CNC(=O)[C@@H](C)N(Cc1ccc(Cl)c(Cl)c1)C(=O)CN(c1ccc(C)c(C)c1)S(=O)(=O)c1ccc(Cl)cc1. The Bertz CT molecular complexity index is 1450. The molecule has 0 aliphatic carbocycles. The lowest BCUT2D eigenvalue weighted by Gasteiger charge is -2.32. The lowest BCUT2D eigenvalue weighted by atomic mass is 10.1. The molecule has 2 amide bonds. The maximum atomic E-state index is 13.8. The number of anilines is 1. The summed E-state index contributed by atoms with van der Waals surface area (Å²) >= 11 is 18.2. The van der Waals surface area contributed by atoms with Gasteiger partial charge in [0.1, 0.15) is 12.6 Å².